The van der Waals surface area contributed by atoms with Crippen LogP contribution in [0.4, 0.5) is 5.69 Å². The van der Waals surface area contributed by atoms with Gasteiger partial charge in [0.15, 0.2) is 0 Å². The number of carbonyl (C=O) groups excluding carboxylic acids is 1. The number of nitrogens with zero attached hydrogens (tertiary/aromatic N) is 1. The van der Waals surface area contributed by atoms with Gasteiger partial charge in [0, 0.05) is 5.02 Å². The minimum atomic E-state index is -4.11. The summed E-state index contributed by atoms with van der Waals surface area (Å²) in [6.07, 6.45) is 0. The summed E-state index contributed by atoms with van der Waals surface area (Å²) in [6, 6.07) is 10.8. The molecule has 0 aliphatic carbocycles. The first-order valence-electron chi connectivity index (χ1n) is 6.87. The molecule has 2 aromatic rings. The van der Waals surface area contributed by atoms with Crippen LogP contribution in [0.1, 0.15) is 5.56 Å². The number of methoxy groups -OCH3 is 1. The third-order valence-electron chi connectivity index (χ3n) is 3.28. The van der Waals surface area contributed by atoms with Crippen LogP contribution in [0, 0.1) is 6.92 Å². The van der Waals surface area contributed by atoms with Gasteiger partial charge in [-0.3, -0.25) is 9.10 Å². The highest BCUT2D eigenvalue weighted by atomic mass is 35.5. The molecule has 8 heteroatoms. The summed E-state index contributed by atoms with van der Waals surface area (Å²) in [5.41, 5.74) is 1.27. The Morgan fingerprint density at radius 2 is 1.75 bits per heavy atom. The molecule has 0 aliphatic rings. The van der Waals surface area contributed by atoms with Crippen molar-refractivity contribution in [3.8, 4) is 0 Å². The molecule has 0 N–H and O–H groups in total. The highest BCUT2D eigenvalue weighted by molar-refractivity contribution is 7.93. The monoisotopic (exact) mass is 387 g/mol. The van der Waals surface area contributed by atoms with Gasteiger partial charge in [0.2, 0.25) is 0 Å². The molecule has 2 rings (SSSR count). The van der Waals surface area contributed by atoms with Crippen LogP contribution in [-0.4, -0.2) is 28.0 Å². The van der Waals surface area contributed by atoms with Gasteiger partial charge in [0.05, 0.1) is 17.8 Å². The predicted octanol–water partition coefficient (Wildman–Crippen LogP) is 3.67. The summed E-state index contributed by atoms with van der Waals surface area (Å²) in [7, 11) is -2.92. The molecule has 0 aromatic heterocycles. The van der Waals surface area contributed by atoms with Gasteiger partial charge in [0.25, 0.3) is 10.0 Å². The van der Waals surface area contributed by atoms with Crippen LogP contribution < -0.4 is 4.31 Å². The Morgan fingerprint density at radius 1 is 1.12 bits per heavy atom. The summed E-state index contributed by atoms with van der Waals surface area (Å²) in [6.45, 7) is 1.39. The molecule has 0 amide bonds. The van der Waals surface area contributed by atoms with E-state index in [2.05, 4.69) is 4.74 Å². The average molecular weight is 388 g/mol. The van der Waals surface area contributed by atoms with Crippen LogP contribution in [0.2, 0.25) is 10.0 Å². The third kappa shape index (κ3) is 4.01. The molecule has 0 unspecified atom stereocenters. The number of ether oxygens (including phenoxy) is 1. The maximum atomic E-state index is 13.0. The van der Waals surface area contributed by atoms with Gasteiger partial charge >= 0.3 is 5.97 Å². The highest BCUT2D eigenvalue weighted by Crippen LogP contribution is 2.30. The molecular formula is C16H15Cl2NO4S. The lowest BCUT2D eigenvalue weighted by Crippen LogP contribution is -2.36. The van der Waals surface area contributed by atoms with Gasteiger partial charge in [-0.15, -0.1) is 0 Å². The number of hydrogen-bond acceptors (Lipinski definition) is 4. The SMILES string of the molecule is COC(=O)CN(c1ccc(C)cc1)S(=O)(=O)c1cc(Cl)ccc1Cl. The topological polar surface area (TPSA) is 63.7 Å². The Labute approximate surface area is 150 Å². The number of hydrogen-bond donors (Lipinski definition) is 0. The van der Waals surface area contributed by atoms with Crippen molar-refractivity contribution < 1.29 is 17.9 Å². The summed E-state index contributed by atoms with van der Waals surface area (Å²) in [5, 5.41) is 0.237. The second-order valence-electron chi connectivity index (χ2n) is 5.00. The van der Waals surface area contributed by atoms with Crippen LogP contribution in [0.3, 0.4) is 0 Å². The van der Waals surface area contributed by atoms with Crippen molar-refractivity contribution in [2.45, 2.75) is 11.8 Å². The molecule has 0 radical (unpaired) electrons. The van der Waals surface area contributed by atoms with Crippen LogP contribution >= 0.6 is 23.2 Å². The van der Waals surface area contributed by atoms with Crippen LogP contribution in [0.15, 0.2) is 47.4 Å². The molecular weight excluding hydrogens is 373 g/mol. The normalized spacial score (nSPS) is 11.2. The average Bonchev–Trinajstić information content (AvgIpc) is 2.55. The van der Waals surface area contributed by atoms with Gasteiger partial charge in [-0.25, -0.2) is 8.42 Å². The van der Waals surface area contributed by atoms with E-state index in [1.165, 1.54) is 25.3 Å². The fraction of sp³-hybridized carbons (Fsp3) is 0.188. The maximum Gasteiger partial charge on any atom is 0.326 e. The molecule has 0 atom stereocenters. The molecule has 0 saturated carbocycles. The van der Waals surface area contributed by atoms with Crippen molar-refractivity contribution in [2.75, 3.05) is 18.0 Å². The molecule has 0 saturated heterocycles. The van der Waals surface area contributed by atoms with Gasteiger partial charge < -0.3 is 4.74 Å². The Hall–Kier alpha value is -1.76. The number of sulfonamides is 1. The predicted molar refractivity (Wildman–Crippen MR) is 94.2 cm³/mol. The molecule has 24 heavy (non-hydrogen) atoms. The second kappa shape index (κ2) is 7.42. The molecule has 128 valence electrons. The molecule has 2 aromatic carbocycles. The van der Waals surface area contributed by atoms with Crippen LogP contribution in [0.25, 0.3) is 0 Å². The fourth-order valence-electron chi connectivity index (χ4n) is 2.00. The van der Waals surface area contributed by atoms with E-state index in [1.54, 1.807) is 24.3 Å². The highest BCUT2D eigenvalue weighted by Gasteiger charge is 2.29. The Bertz CT molecular complexity index is 851. The lowest BCUT2D eigenvalue weighted by molar-refractivity contribution is -0.138. The smallest absolute Gasteiger partial charge is 0.326 e. The van der Waals surface area contributed by atoms with Crippen LogP contribution in [-0.2, 0) is 19.6 Å². The Balaban J connectivity index is 2.58. The van der Waals surface area contributed by atoms with Gasteiger partial charge in [-0.2, -0.15) is 0 Å². The van der Waals surface area contributed by atoms with Crippen molar-refractivity contribution >= 4 is 44.9 Å². The summed E-state index contributed by atoms with van der Waals surface area (Å²) in [4.78, 5) is 11.5. The van der Waals surface area contributed by atoms with E-state index in [9.17, 15) is 13.2 Å². The zero-order chi connectivity index (χ0) is 17.9. The first-order valence-corrected chi connectivity index (χ1v) is 9.06. The number of rotatable bonds is 5. The largest absolute Gasteiger partial charge is 0.468 e. The Morgan fingerprint density at radius 3 is 2.33 bits per heavy atom. The van der Waals surface area contributed by atoms with Crippen LogP contribution in [0.5, 0.6) is 0 Å². The van der Waals surface area contributed by atoms with E-state index in [4.69, 9.17) is 23.2 Å². The first-order chi connectivity index (χ1) is 11.3. The summed E-state index contributed by atoms with van der Waals surface area (Å²) in [5.74, 6) is -0.697. The molecule has 0 fully saturated rings. The molecule has 0 heterocycles. The van der Waals surface area contributed by atoms with E-state index in [0.717, 1.165) is 9.87 Å². The molecule has 0 bridgehead atoms. The summed E-state index contributed by atoms with van der Waals surface area (Å²) < 4.78 is 31.6. The number of aryl methyl sites for hydroxylation is 1. The van der Waals surface area contributed by atoms with Crippen molar-refractivity contribution in [3.05, 3.63) is 58.1 Å². The second-order valence-corrected chi connectivity index (χ2v) is 7.67. The minimum absolute atomic E-state index is 0.0152. The first kappa shape index (κ1) is 18.6. The number of carbonyl (C=O) groups is 1. The van der Waals surface area contributed by atoms with E-state index in [1.807, 2.05) is 6.92 Å². The molecule has 0 spiro atoms. The van der Waals surface area contributed by atoms with Gasteiger partial charge in [0.1, 0.15) is 11.4 Å². The van der Waals surface area contributed by atoms with Crippen molar-refractivity contribution in [1.29, 1.82) is 0 Å². The lowest BCUT2D eigenvalue weighted by Gasteiger charge is -2.24. The van der Waals surface area contributed by atoms with E-state index >= 15 is 0 Å². The zero-order valence-corrected chi connectivity index (χ0v) is 15.3. The minimum Gasteiger partial charge on any atom is -0.468 e. The standard InChI is InChI=1S/C16H15Cl2NO4S/c1-11-3-6-13(7-4-11)19(10-16(20)23-2)24(21,22)15-9-12(17)5-8-14(15)18/h3-9H,10H2,1-2H3. The number of anilines is 1. The Kier molecular flexibility index (Phi) is 5.74. The number of halogens is 2. The zero-order valence-electron chi connectivity index (χ0n) is 13.0. The number of benzene rings is 2. The quantitative estimate of drug-likeness (QED) is 0.734. The third-order valence-corrected chi connectivity index (χ3v) is 5.77. The van der Waals surface area contributed by atoms with E-state index in [-0.39, 0.29) is 14.9 Å². The fourth-order valence-corrected chi connectivity index (χ4v) is 4.15. The lowest BCUT2D eigenvalue weighted by atomic mass is 10.2. The number of esters is 1. The van der Waals surface area contributed by atoms with Gasteiger partial charge in [-0.1, -0.05) is 40.9 Å². The van der Waals surface area contributed by atoms with Crippen molar-refractivity contribution in [3.63, 3.8) is 0 Å². The van der Waals surface area contributed by atoms with Crippen molar-refractivity contribution in [1.82, 2.24) is 0 Å². The van der Waals surface area contributed by atoms with E-state index in [0.29, 0.717) is 5.69 Å². The van der Waals surface area contributed by atoms with Crippen molar-refractivity contribution in [2.24, 2.45) is 0 Å². The van der Waals surface area contributed by atoms with Gasteiger partial charge in [-0.05, 0) is 37.3 Å². The maximum absolute atomic E-state index is 13.0. The molecule has 0 aliphatic heterocycles. The van der Waals surface area contributed by atoms with E-state index < -0.39 is 22.5 Å². The molecule has 5 nitrogen and oxygen atoms in total. The summed E-state index contributed by atoms with van der Waals surface area (Å²) >= 11 is 11.9.